The number of halogens is 4. The van der Waals surface area contributed by atoms with Gasteiger partial charge in [-0.3, -0.25) is 14.4 Å². The average molecular weight is 562 g/mol. The monoisotopic (exact) mass is 561 g/mol. The van der Waals surface area contributed by atoms with Crippen molar-refractivity contribution in [3.63, 3.8) is 0 Å². The molecule has 2 amide bonds. The third-order valence-electron chi connectivity index (χ3n) is 7.05. The van der Waals surface area contributed by atoms with E-state index in [9.17, 15) is 31.9 Å². The smallest absolute Gasteiger partial charge is 0.475 e. The minimum absolute atomic E-state index is 0.0106. The van der Waals surface area contributed by atoms with Crippen LogP contribution in [-0.2, 0) is 16.1 Å². The van der Waals surface area contributed by atoms with Crippen molar-refractivity contribution in [1.82, 2.24) is 14.4 Å². The zero-order valence-electron chi connectivity index (χ0n) is 21.4. The lowest BCUT2D eigenvalue weighted by molar-refractivity contribution is -0.192. The summed E-state index contributed by atoms with van der Waals surface area (Å²) in [6, 6.07) is 13.6. The van der Waals surface area contributed by atoms with Gasteiger partial charge in [0.05, 0.1) is 11.1 Å². The van der Waals surface area contributed by atoms with Crippen LogP contribution in [0.25, 0.3) is 10.9 Å². The van der Waals surface area contributed by atoms with Gasteiger partial charge in [-0.05, 0) is 42.7 Å². The van der Waals surface area contributed by atoms with E-state index in [1.54, 1.807) is 24.4 Å². The Morgan fingerprint density at radius 2 is 1.65 bits per heavy atom. The van der Waals surface area contributed by atoms with Crippen LogP contribution in [0, 0.1) is 5.82 Å². The number of benzene rings is 2. The Bertz CT molecular complexity index is 1480. The summed E-state index contributed by atoms with van der Waals surface area (Å²) in [5, 5.41) is 7.73. The number of nitrogens with zero attached hydrogens (tertiary/aromatic N) is 3. The Kier molecular flexibility index (Phi) is 8.55. The second kappa shape index (κ2) is 11.9. The molecule has 2 aromatic carbocycles. The van der Waals surface area contributed by atoms with Gasteiger partial charge in [-0.15, -0.1) is 0 Å². The summed E-state index contributed by atoms with van der Waals surface area (Å²) < 4.78 is 48.3. The Labute approximate surface area is 226 Å². The lowest BCUT2D eigenvalue weighted by atomic mass is 10.1. The molecule has 1 aliphatic heterocycles. The van der Waals surface area contributed by atoms with E-state index < -0.39 is 23.9 Å². The molecule has 0 radical (unpaired) electrons. The molecular formula is C28H27F4N3O5. The number of aliphatic carboxylic acids is 1. The molecule has 8 nitrogen and oxygen atoms in total. The highest BCUT2D eigenvalue weighted by Crippen LogP contribution is 2.25. The van der Waals surface area contributed by atoms with Gasteiger partial charge in [-0.2, -0.15) is 13.2 Å². The van der Waals surface area contributed by atoms with Gasteiger partial charge in [0.2, 0.25) is 5.91 Å². The van der Waals surface area contributed by atoms with Crippen LogP contribution in [-0.4, -0.2) is 69.1 Å². The molecule has 212 valence electrons. The van der Waals surface area contributed by atoms with Gasteiger partial charge in [0.25, 0.3) is 5.91 Å². The summed E-state index contributed by atoms with van der Waals surface area (Å²) in [5.74, 6) is -3.87. The second-order valence-corrected chi connectivity index (χ2v) is 9.69. The molecule has 2 heterocycles. The number of aromatic nitrogens is 1. The summed E-state index contributed by atoms with van der Waals surface area (Å²) in [7, 11) is 0. The fourth-order valence-electron chi connectivity index (χ4n) is 5.06. The van der Waals surface area contributed by atoms with E-state index in [0.29, 0.717) is 25.0 Å². The molecule has 2 fully saturated rings. The van der Waals surface area contributed by atoms with Crippen LogP contribution in [0.5, 0.6) is 0 Å². The summed E-state index contributed by atoms with van der Waals surface area (Å²) in [5.41, 5.74) is 1.43. The van der Waals surface area contributed by atoms with E-state index in [2.05, 4.69) is 0 Å². The van der Waals surface area contributed by atoms with Crippen molar-refractivity contribution < 1.29 is 37.1 Å². The van der Waals surface area contributed by atoms with Crippen molar-refractivity contribution in [2.24, 2.45) is 0 Å². The first kappa shape index (κ1) is 28.8. The zero-order chi connectivity index (χ0) is 29.0. The Morgan fingerprint density at radius 3 is 2.30 bits per heavy atom. The number of piperazine rings is 1. The first-order chi connectivity index (χ1) is 19.0. The van der Waals surface area contributed by atoms with Crippen LogP contribution in [0.15, 0.2) is 59.5 Å². The first-order valence-electron chi connectivity index (χ1n) is 12.7. The van der Waals surface area contributed by atoms with E-state index in [-0.39, 0.29) is 29.5 Å². The normalized spacial score (nSPS) is 16.1. The van der Waals surface area contributed by atoms with Crippen molar-refractivity contribution in [2.75, 3.05) is 19.6 Å². The fraction of sp³-hybridized carbons (Fsp3) is 0.357. The molecule has 2 aliphatic rings. The molecule has 3 aromatic rings. The first-order valence-corrected chi connectivity index (χ1v) is 12.7. The number of carbonyl (C=O) groups is 3. The Balaban J connectivity index is 0.000000470. The molecule has 1 N–H and O–H groups in total. The van der Waals surface area contributed by atoms with E-state index >= 15 is 0 Å². The second-order valence-electron chi connectivity index (χ2n) is 9.69. The minimum atomic E-state index is -5.08. The third-order valence-corrected chi connectivity index (χ3v) is 7.05. The highest BCUT2D eigenvalue weighted by molar-refractivity contribution is 5.97. The number of pyridine rings is 1. The van der Waals surface area contributed by atoms with Crippen LogP contribution in [0.2, 0.25) is 0 Å². The van der Waals surface area contributed by atoms with Crippen molar-refractivity contribution >= 4 is 28.7 Å². The van der Waals surface area contributed by atoms with Crippen LogP contribution >= 0.6 is 0 Å². The van der Waals surface area contributed by atoms with Gasteiger partial charge >= 0.3 is 12.1 Å². The molecule has 0 atom stereocenters. The summed E-state index contributed by atoms with van der Waals surface area (Å²) in [6.07, 6.45) is 0.947. The Hall–Kier alpha value is -4.22. The molecule has 5 rings (SSSR count). The number of hydrogen-bond acceptors (Lipinski definition) is 4. The lowest BCUT2D eigenvalue weighted by Crippen LogP contribution is -2.55. The van der Waals surface area contributed by atoms with Gasteiger partial charge in [-0.25, -0.2) is 9.18 Å². The summed E-state index contributed by atoms with van der Waals surface area (Å²) in [6.45, 7) is 1.29. The topological polar surface area (TPSA) is 99.9 Å². The molecule has 1 aromatic heterocycles. The van der Waals surface area contributed by atoms with E-state index in [0.717, 1.165) is 36.8 Å². The molecule has 0 bridgehead atoms. The Morgan fingerprint density at radius 1 is 0.975 bits per heavy atom. The molecule has 0 unspecified atom stereocenters. The molecule has 0 spiro atoms. The maximum Gasteiger partial charge on any atom is 0.490 e. The number of hydrogen-bond donors (Lipinski definition) is 1. The molecule has 1 saturated heterocycles. The molecule has 1 saturated carbocycles. The number of para-hydroxylation sites is 1. The van der Waals surface area contributed by atoms with Crippen LogP contribution in [0.1, 0.15) is 41.6 Å². The zero-order valence-corrected chi connectivity index (χ0v) is 21.4. The minimum Gasteiger partial charge on any atom is -0.475 e. The van der Waals surface area contributed by atoms with Crippen molar-refractivity contribution in [2.45, 2.75) is 44.4 Å². The van der Waals surface area contributed by atoms with Gasteiger partial charge in [0.15, 0.2) is 5.43 Å². The van der Waals surface area contributed by atoms with Crippen molar-refractivity contribution in [3.05, 3.63) is 81.9 Å². The van der Waals surface area contributed by atoms with Gasteiger partial charge < -0.3 is 19.5 Å². The number of amides is 2. The number of fused-ring (bicyclic) bond motifs is 1. The van der Waals surface area contributed by atoms with Crippen LogP contribution in [0.3, 0.4) is 0 Å². The highest BCUT2D eigenvalue weighted by Gasteiger charge is 2.38. The molecular weight excluding hydrogens is 534 g/mol. The predicted octanol–water partition coefficient (Wildman–Crippen LogP) is 4.05. The van der Waals surface area contributed by atoms with E-state index in [1.807, 2.05) is 27.7 Å². The quantitative estimate of drug-likeness (QED) is 0.485. The van der Waals surface area contributed by atoms with Gasteiger partial charge in [0.1, 0.15) is 12.4 Å². The summed E-state index contributed by atoms with van der Waals surface area (Å²) in [4.78, 5) is 50.2. The maximum absolute atomic E-state index is 14.6. The van der Waals surface area contributed by atoms with Gasteiger partial charge in [-0.1, -0.05) is 31.0 Å². The average Bonchev–Trinajstić information content (AvgIpc) is 3.45. The van der Waals surface area contributed by atoms with Crippen molar-refractivity contribution in [3.8, 4) is 0 Å². The third kappa shape index (κ3) is 6.49. The number of carboxylic acid groups (broad SMARTS) is 1. The number of rotatable bonds is 4. The van der Waals surface area contributed by atoms with E-state index in [4.69, 9.17) is 9.90 Å². The molecule has 40 heavy (non-hydrogen) atoms. The van der Waals surface area contributed by atoms with Gasteiger partial charge in [0, 0.05) is 43.3 Å². The maximum atomic E-state index is 14.6. The number of alkyl halides is 3. The van der Waals surface area contributed by atoms with Crippen LogP contribution in [0.4, 0.5) is 17.6 Å². The molecule has 12 heteroatoms. The molecule has 1 aliphatic carbocycles. The number of carbonyl (C=O) groups excluding carboxylic acids is 2. The summed E-state index contributed by atoms with van der Waals surface area (Å²) >= 11 is 0. The fourth-order valence-corrected chi connectivity index (χ4v) is 5.06. The van der Waals surface area contributed by atoms with Crippen molar-refractivity contribution in [1.29, 1.82) is 0 Å². The standard InChI is InChI=1S/C26H26FN3O3.C2HF3O2/c27-22-10-9-18(16-28-12-11-24(31)20-7-3-4-8-23(20)28)15-21(22)26(33)29-13-14-30(25(32)17-29)19-5-1-2-6-19;3-2(4,5)1(6)7/h3-4,7-12,15,19H,1-2,5-6,13-14,16-17H2;(H,6,7). The highest BCUT2D eigenvalue weighted by atomic mass is 19.4. The predicted molar refractivity (Wildman–Crippen MR) is 137 cm³/mol. The lowest BCUT2D eigenvalue weighted by Gasteiger charge is -2.37. The van der Waals surface area contributed by atoms with E-state index in [1.165, 1.54) is 17.0 Å². The number of carboxylic acids is 1. The SMILES string of the molecule is O=C(O)C(F)(F)F.O=C(c1cc(Cn2ccc(=O)c3ccccc32)ccc1F)N1CCN(C2CCCC2)C(=O)C1. The van der Waals surface area contributed by atoms with Crippen LogP contribution < -0.4 is 5.43 Å². The largest absolute Gasteiger partial charge is 0.490 e.